The Morgan fingerprint density at radius 1 is 1.18 bits per heavy atom. The number of nitrogens with one attached hydrogen (secondary N) is 1. The molecule has 2 aliphatic rings. The number of hydrogen-bond donors (Lipinski definition) is 1. The summed E-state index contributed by atoms with van der Waals surface area (Å²) in [7, 11) is 1.67. The average molecular weight is 524 g/mol. The largest absolute Gasteiger partial charge is 0.419 e. The van der Waals surface area contributed by atoms with E-state index in [0.717, 1.165) is 19.0 Å². The van der Waals surface area contributed by atoms with Crippen LogP contribution in [0.25, 0.3) is 11.0 Å². The van der Waals surface area contributed by atoms with Gasteiger partial charge in [-0.2, -0.15) is 18.4 Å². The molecule has 198 valence electrons. The van der Waals surface area contributed by atoms with Gasteiger partial charge in [-0.05, 0) is 54.4 Å². The lowest BCUT2D eigenvalue weighted by Gasteiger charge is -2.39. The molecular formula is C28H28F3N5O2. The van der Waals surface area contributed by atoms with Crippen molar-refractivity contribution in [3.63, 3.8) is 0 Å². The molecular weight excluding hydrogens is 495 g/mol. The van der Waals surface area contributed by atoms with Crippen LogP contribution in [0.4, 0.5) is 18.9 Å². The second-order valence-corrected chi connectivity index (χ2v) is 10.6. The number of piperidine rings is 1. The molecule has 2 fully saturated rings. The van der Waals surface area contributed by atoms with Crippen molar-refractivity contribution in [2.24, 2.45) is 24.8 Å². The van der Waals surface area contributed by atoms with Crippen LogP contribution < -0.4 is 5.32 Å². The summed E-state index contributed by atoms with van der Waals surface area (Å²) < 4.78 is 45.7. The fraction of sp³-hybridized carbons (Fsp3) is 0.429. The number of fused-ring (bicyclic) bond motifs is 3. The van der Waals surface area contributed by atoms with Gasteiger partial charge in [-0.1, -0.05) is 19.9 Å². The van der Waals surface area contributed by atoms with Crippen LogP contribution in [0.1, 0.15) is 59.7 Å². The third-order valence-electron chi connectivity index (χ3n) is 7.80. The molecule has 0 radical (unpaired) electrons. The lowest BCUT2D eigenvalue weighted by molar-refractivity contribution is -0.137. The van der Waals surface area contributed by atoms with Gasteiger partial charge in [0.1, 0.15) is 5.65 Å². The van der Waals surface area contributed by atoms with Crippen molar-refractivity contribution in [1.82, 2.24) is 14.5 Å². The molecule has 2 bridgehead atoms. The molecule has 3 atom stereocenters. The smallest absolute Gasteiger partial charge is 0.342 e. The summed E-state index contributed by atoms with van der Waals surface area (Å²) in [4.78, 5) is 31.8. The van der Waals surface area contributed by atoms with Gasteiger partial charge in [0.05, 0.1) is 29.1 Å². The summed E-state index contributed by atoms with van der Waals surface area (Å²) >= 11 is 0. The number of alkyl halides is 3. The lowest BCUT2D eigenvalue weighted by Crippen LogP contribution is -2.45. The summed E-state index contributed by atoms with van der Waals surface area (Å²) in [6.45, 7) is 4.76. The fourth-order valence-electron chi connectivity index (χ4n) is 6.22. The maximum absolute atomic E-state index is 14.7. The first-order valence-electron chi connectivity index (χ1n) is 12.6. The molecule has 5 rings (SSSR count). The molecule has 1 N–H and O–H groups in total. The summed E-state index contributed by atoms with van der Waals surface area (Å²) in [5, 5.41) is 11.5. The Balaban J connectivity index is 1.58. The molecule has 38 heavy (non-hydrogen) atoms. The zero-order valence-corrected chi connectivity index (χ0v) is 21.3. The minimum atomic E-state index is -4.76. The number of nitrogens with zero attached hydrogens (tertiary/aromatic N) is 4. The number of aryl methyl sites for hydroxylation is 1. The molecule has 2 aromatic heterocycles. The summed E-state index contributed by atoms with van der Waals surface area (Å²) in [5.41, 5.74) is -0.297. The topological polar surface area (TPSA) is 91.0 Å². The Hall–Kier alpha value is -3.87. The number of benzene rings is 1. The summed E-state index contributed by atoms with van der Waals surface area (Å²) in [6.07, 6.45) is -0.311. The highest BCUT2D eigenvalue weighted by Crippen LogP contribution is 2.52. The Kier molecular flexibility index (Phi) is 6.41. The van der Waals surface area contributed by atoms with E-state index < -0.39 is 23.3 Å². The number of halogens is 3. The Bertz CT molecular complexity index is 1460. The Morgan fingerprint density at radius 2 is 1.87 bits per heavy atom. The van der Waals surface area contributed by atoms with Crippen molar-refractivity contribution in [3.8, 4) is 6.07 Å². The van der Waals surface area contributed by atoms with Crippen molar-refractivity contribution >= 4 is 28.5 Å². The van der Waals surface area contributed by atoms with E-state index in [1.807, 2.05) is 24.8 Å². The van der Waals surface area contributed by atoms with Crippen LogP contribution in [0.5, 0.6) is 0 Å². The van der Waals surface area contributed by atoms with Crippen LogP contribution in [0.2, 0.25) is 0 Å². The number of hydrogen-bond acceptors (Lipinski definition) is 4. The maximum Gasteiger partial charge on any atom is 0.419 e. The summed E-state index contributed by atoms with van der Waals surface area (Å²) in [5.74, 6) is -0.862. The third kappa shape index (κ3) is 4.40. The molecule has 1 aliphatic carbocycles. The van der Waals surface area contributed by atoms with E-state index in [2.05, 4.69) is 10.3 Å². The minimum absolute atomic E-state index is 0.00545. The predicted molar refractivity (Wildman–Crippen MR) is 135 cm³/mol. The van der Waals surface area contributed by atoms with Crippen LogP contribution in [-0.4, -0.2) is 39.4 Å². The first kappa shape index (κ1) is 25.8. The van der Waals surface area contributed by atoms with E-state index in [0.29, 0.717) is 18.7 Å². The number of anilines is 1. The number of likely N-dealkylation sites (tertiary alicyclic amines) is 1. The number of rotatable bonds is 4. The summed E-state index contributed by atoms with van der Waals surface area (Å²) in [6, 6.07) is 7.70. The molecule has 2 amide bonds. The maximum atomic E-state index is 14.7. The Morgan fingerprint density at radius 3 is 2.47 bits per heavy atom. The second kappa shape index (κ2) is 9.46. The van der Waals surface area contributed by atoms with Crippen LogP contribution in [0, 0.1) is 29.1 Å². The van der Waals surface area contributed by atoms with Crippen molar-refractivity contribution in [2.45, 2.75) is 38.8 Å². The third-order valence-corrected chi connectivity index (χ3v) is 7.80. The van der Waals surface area contributed by atoms with Gasteiger partial charge in [0, 0.05) is 43.2 Å². The number of aromatic nitrogens is 2. The normalized spacial score (nSPS) is 21.1. The standard InChI is InChI=1S/C28H28F3N5O2/c1-15(2)27(38)36-12-18-7-8-19(13-36)22(18)20-14-35(3)25-23(20)24(28(29,30)31)21(11-33-25)34-26(37)17-6-4-5-16(9-17)10-32/h4-6,9,11,14-15,18-19,22H,7-8,12-13H2,1-3H3,(H,34,37)/t18-,19+,22+. The fourth-order valence-corrected chi connectivity index (χ4v) is 6.22. The van der Waals surface area contributed by atoms with Crippen LogP contribution in [0.3, 0.4) is 0 Å². The van der Waals surface area contributed by atoms with E-state index in [-0.39, 0.29) is 51.7 Å². The number of carbonyl (C=O) groups is 2. The first-order chi connectivity index (χ1) is 18.0. The van der Waals surface area contributed by atoms with Crippen LogP contribution >= 0.6 is 0 Å². The average Bonchev–Trinajstić information content (AvgIpc) is 3.33. The number of nitriles is 1. The molecule has 3 heterocycles. The van der Waals surface area contributed by atoms with E-state index in [1.165, 1.54) is 24.3 Å². The Labute approximate surface area is 218 Å². The molecule has 0 spiro atoms. The van der Waals surface area contributed by atoms with Gasteiger partial charge < -0.3 is 14.8 Å². The van der Waals surface area contributed by atoms with Crippen molar-refractivity contribution < 1.29 is 22.8 Å². The van der Waals surface area contributed by atoms with E-state index in [9.17, 15) is 22.8 Å². The van der Waals surface area contributed by atoms with Crippen LogP contribution in [-0.2, 0) is 18.0 Å². The van der Waals surface area contributed by atoms with Gasteiger partial charge in [0.15, 0.2) is 0 Å². The zero-order valence-electron chi connectivity index (χ0n) is 21.3. The molecule has 1 aromatic carbocycles. The van der Waals surface area contributed by atoms with Gasteiger partial charge >= 0.3 is 6.18 Å². The van der Waals surface area contributed by atoms with E-state index in [4.69, 9.17) is 5.26 Å². The molecule has 3 aromatic rings. The van der Waals surface area contributed by atoms with Crippen molar-refractivity contribution in [2.75, 3.05) is 18.4 Å². The SMILES string of the molecule is CC(C)C(=O)N1C[C@H]2CC[C@@H](C1)[C@H]2c1cn(C)c2ncc(NC(=O)c3cccc(C#N)c3)c(C(F)(F)F)c12. The highest BCUT2D eigenvalue weighted by Gasteiger charge is 2.47. The van der Waals surface area contributed by atoms with Crippen molar-refractivity contribution in [1.29, 1.82) is 5.26 Å². The quantitative estimate of drug-likeness (QED) is 0.501. The lowest BCUT2D eigenvalue weighted by atomic mass is 9.79. The molecule has 0 unspecified atom stereocenters. The molecule has 10 heteroatoms. The first-order valence-corrected chi connectivity index (χ1v) is 12.6. The number of carbonyl (C=O) groups excluding carboxylic acids is 2. The van der Waals surface area contributed by atoms with Gasteiger partial charge in [0.2, 0.25) is 5.91 Å². The van der Waals surface area contributed by atoms with Gasteiger partial charge in [0.25, 0.3) is 5.91 Å². The van der Waals surface area contributed by atoms with Gasteiger partial charge in [-0.15, -0.1) is 0 Å². The van der Waals surface area contributed by atoms with Gasteiger partial charge in [-0.3, -0.25) is 9.59 Å². The molecule has 1 saturated carbocycles. The highest BCUT2D eigenvalue weighted by atomic mass is 19.4. The van der Waals surface area contributed by atoms with E-state index >= 15 is 0 Å². The number of amides is 2. The van der Waals surface area contributed by atoms with Crippen LogP contribution in [0.15, 0.2) is 36.7 Å². The monoisotopic (exact) mass is 523 g/mol. The minimum Gasteiger partial charge on any atom is -0.342 e. The highest BCUT2D eigenvalue weighted by molar-refractivity contribution is 6.06. The second-order valence-electron chi connectivity index (χ2n) is 10.6. The van der Waals surface area contributed by atoms with Gasteiger partial charge in [-0.25, -0.2) is 4.98 Å². The van der Waals surface area contributed by atoms with E-state index in [1.54, 1.807) is 17.8 Å². The predicted octanol–water partition coefficient (Wildman–Crippen LogP) is 5.32. The molecule has 1 saturated heterocycles. The molecule has 1 aliphatic heterocycles. The number of pyridine rings is 1. The molecule has 7 nitrogen and oxygen atoms in total. The van der Waals surface area contributed by atoms with Crippen molar-refractivity contribution in [3.05, 3.63) is 58.9 Å². The zero-order chi connectivity index (χ0) is 27.4.